The molecule has 6 heteroatoms. The van der Waals surface area contributed by atoms with Gasteiger partial charge in [-0.15, -0.1) is 0 Å². The van der Waals surface area contributed by atoms with Crippen molar-refractivity contribution < 1.29 is 8.95 Å². The average molecular weight is 203 g/mol. The van der Waals surface area contributed by atoms with Crippen LogP contribution in [0.25, 0.3) is 10.4 Å². The number of rotatable bonds is 4. The Bertz CT molecular complexity index is 240. The molecule has 3 atom stereocenters. The Labute approximate surface area is 79.5 Å². The molecule has 1 aliphatic heterocycles. The molecule has 0 aromatic rings. The van der Waals surface area contributed by atoms with E-state index in [1.54, 1.807) is 0 Å². The smallest absolute Gasteiger partial charge is 0.0691 e. The fraction of sp³-hybridized carbons (Fsp3) is 1.00. The van der Waals surface area contributed by atoms with E-state index in [2.05, 4.69) is 10.0 Å². The Kier molecular flexibility index (Phi) is 4.21. The fourth-order valence-corrected chi connectivity index (χ4v) is 2.81. The second-order valence-electron chi connectivity index (χ2n) is 2.94. The van der Waals surface area contributed by atoms with E-state index in [-0.39, 0.29) is 11.4 Å². The highest BCUT2D eigenvalue weighted by Crippen LogP contribution is 2.18. The largest absolute Gasteiger partial charge is 0.377 e. The zero-order valence-electron chi connectivity index (χ0n) is 7.55. The van der Waals surface area contributed by atoms with Crippen molar-refractivity contribution in [2.24, 2.45) is 5.11 Å². The lowest BCUT2D eigenvalue weighted by atomic mass is 10.3. The Morgan fingerprint density at radius 2 is 2.54 bits per heavy atom. The van der Waals surface area contributed by atoms with Crippen molar-refractivity contribution in [3.8, 4) is 0 Å². The molecule has 1 saturated heterocycles. The predicted octanol–water partition coefficient (Wildman–Crippen LogP) is 1.22. The Balaban J connectivity index is 2.34. The van der Waals surface area contributed by atoms with Crippen molar-refractivity contribution in [1.82, 2.24) is 0 Å². The van der Waals surface area contributed by atoms with Crippen molar-refractivity contribution in [2.75, 3.05) is 18.9 Å². The summed E-state index contributed by atoms with van der Waals surface area (Å²) < 4.78 is 16.9. The van der Waals surface area contributed by atoms with Crippen LogP contribution >= 0.6 is 0 Å². The van der Waals surface area contributed by atoms with Crippen molar-refractivity contribution >= 4 is 10.8 Å². The van der Waals surface area contributed by atoms with Gasteiger partial charge in [0, 0.05) is 34.6 Å². The van der Waals surface area contributed by atoms with Crippen molar-refractivity contribution in [3.63, 3.8) is 0 Å². The van der Waals surface area contributed by atoms with Crippen LogP contribution in [0.5, 0.6) is 0 Å². The maximum Gasteiger partial charge on any atom is 0.0691 e. The summed E-state index contributed by atoms with van der Waals surface area (Å²) in [6.45, 7) is 2.94. The van der Waals surface area contributed by atoms with E-state index in [4.69, 9.17) is 10.3 Å². The molecule has 0 aromatic carbocycles. The van der Waals surface area contributed by atoms with Crippen molar-refractivity contribution in [3.05, 3.63) is 10.4 Å². The topological polar surface area (TPSA) is 75.1 Å². The van der Waals surface area contributed by atoms with Gasteiger partial charge in [0.15, 0.2) is 0 Å². The highest BCUT2D eigenvalue weighted by Gasteiger charge is 2.28. The number of nitrogens with zero attached hydrogens (tertiary/aromatic N) is 3. The molecule has 1 fully saturated rings. The summed E-state index contributed by atoms with van der Waals surface area (Å²) in [5.41, 5.74) is 8.03. The second kappa shape index (κ2) is 5.21. The van der Waals surface area contributed by atoms with Crippen LogP contribution in [0.15, 0.2) is 5.11 Å². The normalized spacial score (nSPS) is 29.6. The molecule has 1 aliphatic rings. The van der Waals surface area contributed by atoms with Crippen LogP contribution < -0.4 is 0 Å². The zero-order chi connectivity index (χ0) is 9.68. The van der Waals surface area contributed by atoms with Gasteiger partial charge >= 0.3 is 0 Å². The minimum absolute atomic E-state index is 0.0758. The van der Waals surface area contributed by atoms with E-state index < -0.39 is 10.8 Å². The molecule has 0 aromatic heterocycles. The maximum atomic E-state index is 11.6. The van der Waals surface area contributed by atoms with Gasteiger partial charge in [0.2, 0.25) is 0 Å². The van der Waals surface area contributed by atoms with Gasteiger partial charge in [0.05, 0.1) is 11.4 Å². The third kappa shape index (κ3) is 2.99. The molecular weight excluding hydrogens is 190 g/mol. The molecule has 1 heterocycles. The Morgan fingerprint density at radius 3 is 3.08 bits per heavy atom. The highest BCUT2D eigenvalue weighted by molar-refractivity contribution is 7.85. The van der Waals surface area contributed by atoms with Crippen LogP contribution in [-0.2, 0) is 15.5 Å². The molecule has 5 nitrogen and oxygen atoms in total. The Morgan fingerprint density at radius 1 is 1.77 bits per heavy atom. The van der Waals surface area contributed by atoms with E-state index in [9.17, 15) is 4.21 Å². The first-order valence-corrected chi connectivity index (χ1v) is 5.63. The fourth-order valence-electron chi connectivity index (χ4n) is 1.38. The Hall–Kier alpha value is -0.580. The molecule has 0 spiro atoms. The SMILES string of the molecule is CC1OCCC1S(=O)CCN=[N+]=[N-]. The molecule has 0 amide bonds. The summed E-state index contributed by atoms with van der Waals surface area (Å²) in [5, 5.41) is 3.47. The van der Waals surface area contributed by atoms with Crippen LogP contribution in [0.3, 0.4) is 0 Å². The summed E-state index contributed by atoms with van der Waals surface area (Å²) in [5.74, 6) is 0.447. The minimum Gasteiger partial charge on any atom is -0.377 e. The van der Waals surface area contributed by atoms with Gasteiger partial charge in [0.25, 0.3) is 0 Å². The number of ether oxygens (including phenoxy) is 1. The third-order valence-electron chi connectivity index (χ3n) is 2.10. The quantitative estimate of drug-likeness (QED) is 0.391. The zero-order valence-corrected chi connectivity index (χ0v) is 8.37. The van der Waals surface area contributed by atoms with Gasteiger partial charge in [-0.1, -0.05) is 5.11 Å². The van der Waals surface area contributed by atoms with Crippen molar-refractivity contribution in [2.45, 2.75) is 24.7 Å². The molecule has 3 unspecified atom stereocenters. The van der Waals surface area contributed by atoms with Crippen LogP contribution in [-0.4, -0.2) is 34.5 Å². The molecule has 1 rings (SSSR count). The number of azide groups is 1. The molecule has 0 saturated carbocycles. The standard InChI is InChI=1S/C7H13N3O2S/c1-6-7(2-4-12-6)13(11)5-3-9-10-8/h6-7H,2-5H2,1H3. The van der Waals surface area contributed by atoms with Gasteiger partial charge in [-0.3, -0.25) is 4.21 Å². The van der Waals surface area contributed by atoms with Gasteiger partial charge in [-0.2, -0.15) is 0 Å². The van der Waals surface area contributed by atoms with Gasteiger partial charge in [-0.25, -0.2) is 0 Å². The first kappa shape index (κ1) is 10.5. The van der Waals surface area contributed by atoms with Crippen LogP contribution in [0, 0.1) is 0 Å². The predicted molar refractivity (Wildman–Crippen MR) is 50.8 cm³/mol. The number of hydrogen-bond donors (Lipinski definition) is 0. The second-order valence-corrected chi connectivity index (χ2v) is 4.72. The van der Waals surface area contributed by atoms with E-state index in [0.29, 0.717) is 18.9 Å². The lowest BCUT2D eigenvalue weighted by Crippen LogP contribution is -2.25. The average Bonchev–Trinajstić information content (AvgIpc) is 2.52. The summed E-state index contributed by atoms with van der Waals surface area (Å²) >= 11 is 0. The third-order valence-corrected chi connectivity index (χ3v) is 3.98. The molecule has 0 radical (unpaired) electrons. The van der Waals surface area contributed by atoms with E-state index in [1.807, 2.05) is 6.92 Å². The van der Waals surface area contributed by atoms with Gasteiger partial charge < -0.3 is 4.74 Å². The molecular formula is C7H13N3O2S. The molecule has 0 aliphatic carbocycles. The summed E-state index contributed by atoms with van der Waals surface area (Å²) in [6, 6.07) is 0. The van der Waals surface area contributed by atoms with Crippen LogP contribution in [0.4, 0.5) is 0 Å². The first-order valence-electron chi connectivity index (χ1n) is 4.25. The molecule has 0 N–H and O–H groups in total. The molecule has 0 bridgehead atoms. The lowest BCUT2D eigenvalue weighted by Gasteiger charge is -2.12. The maximum absolute atomic E-state index is 11.6. The first-order chi connectivity index (χ1) is 6.25. The molecule has 13 heavy (non-hydrogen) atoms. The number of hydrogen-bond acceptors (Lipinski definition) is 3. The minimum atomic E-state index is -0.917. The summed E-state index contributed by atoms with van der Waals surface area (Å²) in [7, 11) is -0.917. The van der Waals surface area contributed by atoms with E-state index >= 15 is 0 Å². The van der Waals surface area contributed by atoms with E-state index in [0.717, 1.165) is 6.42 Å². The van der Waals surface area contributed by atoms with Crippen LogP contribution in [0.2, 0.25) is 0 Å². The highest BCUT2D eigenvalue weighted by atomic mass is 32.2. The summed E-state index contributed by atoms with van der Waals surface area (Å²) in [6.07, 6.45) is 0.927. The van der Waals surface area contributed by atoms with Crippen molar-refractivity contribution in [1.29, 1.82) is 0 Å². The lowest BCUT2D eigenvalue weighted by molar-refractivity contribution is 0.127. The van der Waals surface area contributed by atoms with E-state index in [1.165, 1.54) is 0 Å². The summed E-state index contributed by atoms with van der Waals surface area (Å²) in [4.78, 5) is 2.61. The molecule has 74 valence electrons. The van der Waals surface area contributed by atoms with Crippen LogP contribution in [0.1, 0.15) is 13.3 Å². The van der Waals surface area contributed by atoms with Gasteiger partial charge in [-0.05, 0) is 18.9 Å². The van der Waals surface area contributed by atoms with Gasteiger partial charge in [0.1, 0.15) is 0 Å². The monoisotopic (exact) mass is 203 g/mol.